The zero-order valence-corrected chi connectivity index (χ0v) is 9.27. The summed E-state index contributed by atoms with van der Waals surface area (Å²) in [7, 11) is 3.12. The molecule has 0 unspecified atom stereocenters. The average molecular weight is 204 g/mol. The Labute approximate surface area is 85.2 Å². The zero-order valence-electron chi connectivity index (χ0n) is 9.27. The maximum atomic E-state index is 9.92. The minimum atomic E-state index is -0.597. The first-order valence-electron chi connectivity index (χ1n) is 5.04. The molecule has 1 N–H and O–H groups in total. The first kappa shape index (κ1) is 11.9. The Morgan fingerprint density at radius 2 is 2.00 bits per heavy atom. The normalized spacial score (nSPS) is 40.1. The topological polar surface area (TPSA) is 47.9 Å². The molecule has 0 aromatic rings. The number of rotatable bonds is 4. The minimum Gasteiger partial charge on any atom is -0.387 e. The van der Waals surface area contributed by atoms with Crippen molar-refractivity contribution in [3.05, 3.63) is 0 Å². The monoisotopic (exact) mass is 204 g/mol. The van der Waals surface area contributed by atoms with E-state index in [1.165, 1.54) is 0 Å². The predicted octanol–water partition coefficient (Wildman–Crippen LogP) is 0.780. The highest BCUT2D eigenvalue weighted by Gasteiger charge is 2.45. The maximum absolute atomic E-state index is 9.92. The van der Waals surface area contributed by atoms with Gasteiger partial charge in [-0.25, -0.2) is 0 Å². The summed E-state index contributed by atoms with van der Waals surface area (Å²) in [6.07, 6.45) is -0.642. The van der Waals surface area contributed by atoms with Crippen LogP contribution in [0, 0.1) is 5.92 Å². The first-order valence-corrected chi connectivity index (χ1v) is 5.04. The third kappa shape index (κ3) is 2.08. The molecule has 1 heterocycles. The minimum absolute atomic E-state index is 0.185. The second kappa shape index (κ2) is 5.07. The Balaban J connectivity index is 2.65. The van der Waals surface area contributed by atoms with Gasteiger partial charge in [0, 0.05) is 14.2 Å². The lowest BCUT2D eigenvalue weighted by molar-refractivity contribution is -0.160. The molecule has 0 bridgehead atoms. The van der Waals surface area contributed by atoms with Gasteiger partial charge in [-0.2, -0.15) is 0 Å². The maximum Gasteiger partial charge on any atom is 0.186 e. The van der Waals surface area contributed by atoms with Crippen molar-refractivity contribution in [1.82, 2.24) is 0 Å². The second-order valence-electron chi connectivity index (χ2n) is 3.78. The van der Waals surface area contributed by atoms with Crippen molar-refractivity contribution in [3.8, 4) is 0 Å². The summed E-state index contributed by atoms with van der Waals surface area (Å²) in [5.41, 5.74) is 0. The molecule has 84 valence electrons. The van der Waals surface area contributed by atoms with Gasteiger partial charge in [-0.15, -0.1) is 0 Å². The highest BCUT2D eigenvalue weighted by molar-refractivity contribution is 4.89. The molecule has 1 rings (SSSR count). The number of ether oxygens (including phenoxy) is 3. The van der Waals surface area contributed by atoms with Crippen molar-refractivity contribution in [2.24, 2.45) is 5.92 Å². The van der Waals surface area contributed by atoms with Gasteiger partial charge in [0.1, 0.15) is 12.2 Å². The van der Waals surface area contributed by atoms with Crippen molar-refractivity contribution in [2.75, 3.05) is 14.2 Å². The van der Waals surface area contributed by atoms with Gasteiger partial charge >= 0.3 is 0 Å². The number of hydrogen-bond acceptors (Lipinski definition) is 4. The lowest BCUT2D eigenvalue weighted by Crippen LogP contribution is -2.36. The molecule has 4 heteroatoms. The van der Waals surface area contributed by atoms with Gasteiger partial charge in [0.05, 0.1) is 6.10 Å². The van der Waals surface area contributed by atoms with Crippen LogP contribution in [0.4, 0.5) is 0 Å². The van der Waals surface area contributed by atoms with Gasteiger partial charge in [0.2, 0.25) is 0 Å². The summed E-state index contributed by atoms with van der Waals surface area (Å²) < 4.78 is 15.8. The lowest BCUT2D eigenvalue weighted by Gasteiger charge is -2.20. The van der Waals surface area contributed by atoms with Crippen LogP contribution in [0.3, 0.4) is 0 Å². The molecule has 5 atom stereocenters. The van der Waals surface area contributed by atoms with Crippen molar-refractivity contribution >= 4 is 0 Å². The smallest absolute Gasteiger partial charge is 0.186 e. The van der Waals surface area contributed by atoms with Crippen LogP contribution in [-0.2, 0) is 14.2 Å². The van der Waals surface area contributed by atoms with Gasteiger partial charge in [0.25, 0.3) is 0 Å². The Kier molecular flexibility index (Phi) is 4.31. The summed E-state index contributed by atoms with van der Waals surface area (Å²) in [4.78, 5) is 0. The highest BCUT2D eigenvalue weighted by atomic mass is 16.7. The molecule has 1 aliphatic heterocycles. The summed E-state index contributed by atoms with van der Waals surface area (Å²) in [6.45, 7) is 4.13. The average Bonchev–Trinajstić information content (AvgIpc) is 2.53. The molecule has 0 aromatic carbocycles. The predicted molar refractivity (Wildman–Crippen MR) is 51.9 cm³/mol. The molecule has 0 amide bonds. The van der Waals surface area contributed by atoms with Crippen LogP contribution in [0.25, 0.3) is 0 Å². The van der Waals surface area contributed by atoms with E-state index < -0.39 is 12.4 Å². The van der Waals surface area contributed by atoms with E-state index in [0.29, 0.717) is 5.92 Å². The molecule has 14 heavy (non-hydrogen) atoms. The van der Waals surface area contributed by atoms with E-state index in [1.54, 1.807) is 14.2 Å². The molecular weight excluding hydrogens is 184 g/mol. The number of aliphatic hydroxyl groups excluding tert-OH is 1. The van der Waals surface area contributed by atoms with E-state index in [2.05, 4.69) is 13.8 Å². The molecule has 0 saturated carbocycles. The molecule has 0 aliphatic carbocycles. The number of aliphatic hydroxyl groups is 1. The third-order valence-corrected chi connectivity index (χ3v) is 2.94. The van der Waals surface area contributed by atoms with Crippen LogP contribution in [0.15, 0.2) is 0 Å². The van der Waals surface area contributed by atoms with Crippen molar-refractivity contribution in [3.63, 3.8) is 0 Å². The van der Waals surface area contributed by atoms with Crippen LogP contribution >= 0.6 is 0 Å². The van der Waals surface area contributed by atoms with Gasteiger partial charge in [-0.3, -0.25) is 0 Å². The van der Waals surface area contributed by atoms with E-state index in [4.69, 9.17) is 14.2 Å². The van der Waals surface area contributed by atoms with E-state index in [1.807, 2.05) is 0 Å². The molecular formula is C10H20O4. The standard InChI is InChI=1S/C10H20O4/c1-5-6(2)8-7(11)9(12-3)10(13-4)14-8/h6-11H,5H2,1-4H3/t6-,7+,8+,9-,10+/m1/s1. The molecule has 0 spiro atoms. The second-order valence-corrected chi connectivity index (χ2v) is 3.78. The Bertz CT molecular complexity index is 174. The van der Waals surface area contributed by atoms with E-state index in [9.17, 15) is 5.11 Å². The van der Waals surface area contributed by atoms with Gasteiger partial charge in [-0.1, -0.05) is 20.3 Å². The van der Waals surface area contributed by atoms with Gasteiger partial charge in [0.15, 0.2) is 6.29 Å². The zero-order chi connectivity index (χ0) is 10.7. The largest absolute Gasteiger partial charge is 0.387 e. The quantitative estimate of drug-likeness (QED) is 0.735. The Morgan fingerprint density at radius 3 is 2.36 bits per heavy atom. The van der Waals surface area contributed by atoms with Crippen LogP contribution in [0.2, 0.25) is 0 Å². The fraction of sp³-hybridized carbons (Fsp3) is 1.00. The van der Waals surface area contributed by atoms with Gasteiger partial charge in [-0.05, 0) is 5.92 Å². The Hall–Kier alpha value is -0.160. The molecule has 0 aromatic heterocycles. The van der Waals surface area contributed by atoms with Crippen LogP contribution < -0.4 is 0 Å². The number of hydrogen-bond donors (Lipinski definition) is 1. The van der Waals surface area contributed by atoms with Gasteiger partial charge < -0.3 is 19.3 Å². The lowest BCUT2D eigenvalue weighted by atomic mass is 9.96. The summed E-state index contributed by atoms with van der Waals surface area (Å²) >= 11 is 0. The highest BCUT2D eigenvalue weighted by Crippen LogP contribution is 2.29. The summed E-state index contributed by atoms with van der Waals surface area (Å²) in [6, 6.07) is 0. The number of methoxy groups -OCH3 is 2. The molecule has 1 saturated heterocycles. The molecule has 0 radical (unpaired) electrons. The molecule has 1 aliphatic rings. The summed E-state index contributed by atoms with van der Waals surface area (Å²) in [5.74, 6) is 0.308. The van der Waals surface area contributed by atoms with Crippen LogP contribution in [0.1, 0.15) is 20.3 Å². The van der Waals surface area contributed by atoms with Crippen LogP contribution in [0.5, 0.6) is 0 Å². The fourth-order valence-electron chi connectivity index (χ4n) is 1.80. The first-order chi connectivity index (χ1) is 6.65. The van der Waals surface area contributed by atoms with Crippen molar-refractivity contribution < 1.29 is 19.3 Å². The SMILES string of the molecule is CC[C@@H](C)[C@@H]1O[C@H](OC)[C@H](OC)[C@H]1O. The Morgan fingerprint density at radius 1 is 1.36 bits per heavy atom. The van der Waals surface area contributed by atoms with E-state index in [0.717, 1.165) is 6.42 Å². The van der Waals surface area contributed by atoms with E-state index in [-0.39, 0.29) is 12.2 Å². The van der Waals surface area contributed by atoms with Crippen molar-refractivity contribution in [2.45, 2.75) is 44.9 Å². The van der Waals surface area contributed by atoms with E-state index >= 15 is 0 Å². The fourth-order valence-corrected chi connectivity index (χ4v) is 1.80. The molecule has 1 fully saturated rings. The van der Waals surface area contributed by atoms with Crippen LogP contribution in [-0.4, -0.2) is 43.9 Å². The van der Waals surface area contributed by atoms with Crippen molar-refractivity contribution in [1.29, 1.82) is 0 Å². The molecule has 4 nitrogen and oxygen atoms in total. The summed E-state index contributed by atoms with van der Waals surface area (Å²) in [5, 5.41) is 9.92. The third-order valence-electron chi connectivity index (χ3n) is 2.94.